The number of amides is 1. The zero-order valence-corrected chi connectivity index (χ0v) is 13.6. The Morgan fingerprint density at radius 1 is 1.08 bits per heavy atom. The Bertz CT molecular complexity index is 1030. The average Bonchev–Trinajstić information content (AvgIpc) is 3.27. The minimum atomic E-state index is -0.253. The van der Waals surface area contributed by atoms with Crippen LogP contribution < -0.4 is 5.32 Å². The molecule has 1 amide bonds. The topological polar surface area (TPSA) is 77.1 Å². The van der Waals surface area contributed by atoms with Gasteiger partial charge in [-0.2, -0.15) is 5.10 Å². The van der Waals surface area contributed by atoms with E-state index in [9.17, 15) is 4.79 Å². The van der Waals surface area contributed by atoms with E-state index in [0.717, 1.165) is 11.4 Å². The SMILES string of the molecule is CCc1c(C(=O)Nc2nnc3ccccn23)cnn1-c1ccccc1. The quantitative estimate of drug-likeness (QED) is 0.623. The second kappa shape index (κ2) is 6.20. The molecular weight excluding hydrogens is 316 g/mol. The number of aromatic nitrogens is 5. The maximum atomic E-state index is 12.7. The van der Waals surface area contributed by atoms with E-state index in [2.05, 4.69) is 20.6 Å². The first kappa shape index (κ1) is 15.1. The summed E-state index contributed by atoms with van der Waals surface area (Å²) in [5.41, 5.74) is 2.97. The number of rotatable bonds is 4. The summed E-state index contributed by atoms with van der Waals surface area (Å²) >= 11 is 0. The fourth-order valence-electron chi connectivity index (χ4n) is 2.79. The van der Waals surface area contributed by atoms with E-state index in [4.69, 9.17) is 0 Å². The van der Waals surface area contributed by atoms with Gasteiger partial charge in [0.05, 0.1) is 23.1 Å². The van der Waals surface area contributed by atoms with Gasteiger partial charge in [0.1, 0.15) is 0 Å². The molecule has 0 atom stereocenters. The second-order valence-electron chi connectivity index (χ2n) is 5.51. The summed E-state index contributed by atoms with van der Waals surface area (Å²) in [6.07, 6.45) is 4.07. The van der Waals surface area contributed by atoms with Crippen LogP contribution in [-0.2, 0) is 6.42 Å². The van der Waals surface area contributed by atoms with E-state index in [1.54, 1.807) is 21.5 Å². The third-order valence-electron chi connectivity index (χ3n) is 3.99. The molecule has 1 N–H and O–H groups in total. The van der Waals surface area contributed by atoms with Crippen molar-refractivity contribution >= 4 is 17.5 Å². The molecule has 7 nitrogen and oxygen atoms in total. The standard InChI is InChI=1S/C18H16N6O/c1-2-15-14(12-19-24(15)13-8-4-3-5-9-13)17(25)20-18-22-21-16-10-6-7-11-23(16)18/h3-12H,2H2,1H3,(H,20,22,25). The van der Waals surface area contributed by atoms with Gasteiger partial charge in [-0.15, -0.1) is 10.2 Å². The van der Waals surface area contributed by atoms with Crippen molar-refractivity contribution < 1.29 is 4.79 Å². The van der Waals surface area contributed by atoms with Gasteiger partial charge >= 0.3 is 0 Å². The number of carbonyl (C=O) groups excluding carboxylic acids is 1. The number of nitrogens with one attached hydrogen (secondary N) is 1. The van der Waals surface area contributed by atoms with E-state index >= 15 is 0 Å². The molecule has 0 saturated carbocycles. The Labute approximate surface area is 143 Å². The van der Waals surface area contributed by atoms with E-state index in [1.165, 1.54) is 0 Å². The molecular formula is C18H16N6O. The van der Waals surface area contributed by atoms with Crippen LogP contribution in [0.5, 0.6) is 0 Å². The lowest BCUT2D eigenvalue weighted by Crippen LogP contribution is -2.16. The molecule has 0 saturated heterocycles. The molecule has 4 rings (SSSR count). The Morgan fingerprint density at radius 3 is 2.68 bits per heavy atom. The number of hydrogen-bond acceptors (Lipinski definition) is 4. The third-order valence-corrected chi connectivity index (χ3v) is 3.99. The Kier molecular flexibility index (Phi) is 3.74. The predicted molar refractivity (Wildman–Crippen MR) is 93.9 cm³/mol. The Balaban J connectivity index is 1.68. The van der Waals surface area contributed by atoms with Gasteiger partial charge in [0.15, 0.2) is 5.65 Å². The first-order valence-corrected chi connectivity index (χ1v) is 8.01. The van der Waals surface area contributed by atoms with Gasteiger partial charge in [0.2, 0.25) is 5.95 Å². The summed E-state index contributed by atoms with van der Waals surface area (Å²) in [4.78, 5) is 12.7. The number of pyridine rings is 1. The largest absolute Gasteiger partial charge is 0.290 e. The molecule has 0 fully saturated rings. The van der Waals surface area contributed by atoms with E-state index < -0.39 is 0 Å². The first-order valence-electron chi connectivity index (χ1n) is 8.01. The molecule has 0 aliphatic rings. The molecule has 0 unspecified atom stereocenters. The highest BCUT2D eigenvalue weighted by Crippen LogP contribution is 2.17. The van der Waals surface area contributed by atoms with Crippen molar-refractivity contribution in [1.82, 2.24) is 24.4 Å². The molecule has 0 aliphatic heterocycles. The van der Waals surface area contributed by atoms with Crippen LogP contribution in [0.2, 0.25) is 0 Å². The Morgan fingerprint density at radius 2 is 1.88 bits per heavy atom. The average molecular weight is 332 g/mol. The lowest BCUT2D eigenvalue weighted by Gasteiger charge is -2.08. The summed E-state index contributed by atoms with van der Waals surface area (Å²) in [5.74, 6) is 0.132. The molecule has 0 aliphatic carbocycles. The number of benzene rings is 1. The van der Waals surface area contributed by atoms with Gasteiger partial charge in [0, 0.05) is 6.20 Å². The summed E-state index contributed by atoms with van der Waals surface area (Å²) in [6.45, 7) is 2.00. The summed E-state index contributed by atoms with van der Waals surface area (Å²) in [7, 11) is 0. The van der Waals surface area contributed by atoms with Gasteiger partial charge in [-0.3, -0.25) is 14.5 Å². The number of nitrogens with zero attached hydrogens (tertiary/aromatic N) is 5. The number of carbonyl (C=O) groups is 1. The number of hydrogen-bond donors (Lipinski definition) is 1. The monoisotopic (exact) mass is 332 g/mol. The first-order chi connectivity index (χ1) is 12.3. The fraction of sp³-hybridized carbons (Fsp3) is 0.111. The van der Waals surface area contributed by atoms with Crippen molar-refractivity contribution in [2.45, 2.75) is 13.3 Å². The van der Waals surface area contributed by atoms with Gasteiger partial charge in [0.25, 0.3) is 5.91 Å². The van der Waals surface area contributed by atoms with Crippen LogP contribution in [0.25, 0.3) is 11.3 Å². The van der Waals surface area contributed by atoms with Gasteiger partial charge in [-0.05, 0) is 30.7 Å². The summed E-state index contributed by atoms with van der Waals surface area (Å²) in [6, 6.07) is 15.3. The molecule has 4 aromatic rings. The van der Waals surface area contributed by atoms with Crippen molar-refractivity contribution in [3.63, 3.8) is 0 Å². The number of anilines is 1. The maximum Gasteiger partial charge on any atom is 0.261 e. The second-order valence-corrected chi connectivity index (χ2v) is 5.51. The van der Waals surface area contributed by atoms with Crippen molar-refractivity contribution in [2.75, 3.05) is 5.32 Å². The smallest absolute Gasteiger partial charge is 0.261 e. The third kappa shape index (κ3) is 2.65. The molecule has 124 valence electrons. The van der Waals surface area contributed by atoms with Crippen LogP contribution in [0.3, 0.4) is 0 Å². The van der Waals surface area contributed by atoms with Crippen molar-refractivity contribution in [3.05, 3.63) is 72.2 Å². The number of fused-ring (bicyclic) bond motifs is 1. The maximum absolute atomic E-state index is 12.7. The molecule has 7 heteroatoms. The molecule has 3 heterocycles. The zero-order valence-electron chi connectivity index (χ0n) is 13.6. The van der Waals surface area contributed by atoms with Crippen LogP contribution in [0, 0.1) is 0 Å². The lowest BCUT2D eigenvalue weighted by molar-refractivity contribution is 0.102. The van der Waals surface area contributed by atoms with Gasteiger partial charge in [-0.1, -0.05) is 31.2 Å². The highest BCUT2D eigenvalue weighted by molar-refractivity contribution is 6.04. The highest BCUT2D eigenvalue weighted by atomic mass is 16.1. The van der Waals surface area contributed by atoms with Crippen molar-refractivity contribution in [3.8, 4) is 5.69 Å². The van der Waals surface area contributed by atoms with Crippen LogP contribution in [0.1, 0.15) is 23.0 Å². The van der Waals surface area contributed by atoms with Crippen LogP contribution in [0.15, 0.2) is 60.9 Å². The van der Waals surface area contributed by atoms with Crippen molar-refractivity contribution in [2.24, 2.45) is 0 Å². The summed E-state index contributed by atoms with van der Waals surface area (Å²) < 4.78 is 3.52. The zero-order chi connectivity index (χ0) is 17.2. The lowest BCUT2D eigenvalue weighted by atomic mass is 10.2. The van der Waals surface area contributed by atoms with Gasteiger partial charge < -0.3 is 0 Å². The van der Waals surface area contributed by atoms with Crippen LogP contribution in [0.4, 0.5) is 5.95 Å². The molecule has 0 bridgehead atoms. The van der Waals surface area contributed by atoms with E-state index in [-0.39, 0.29) is 5.91 Å². The fourth-order valence-corrected chi connectivity index (χ4v) is 2.79. The molecule has 3 aromatic heterocycles. The molecule has 0 radical (unpaired) electrons. The molecule has 25 heavy (non-hydrogen) atoms. The van der Waals surface area contributed by atoms with E-state index in [0.29, 0.717) is 23.6 Å². The predicted octanol–water partition coefficient (Wildman–Crippen LogP) is 2.73. The molecule has 1 aromatic carbocycles. The van der Waals surface area contributed by atoms with Gasteiger partial charge in [-0.25, -0.2) is 4.68 Å². The van der Waals surface area contributed by atoms with Crippen LogP contribution >= 0.6 is 0 Å². The van der Waals surface area contributed by atoms with E-state index in [1.807, 2.05) is 55.5 Å². The van der Waals surface area contributed by atoms with Crippen LogP contribution in [-0.4, -0.2) is 30.3 Å². The summed E-state index contributed by atoms with van der Waals surface area (Å²) in [5, 5.41) is 15.3. The minimum Gasteiger partial charge on any atom is -0.290 e. The highest BCUT2D eigenvalue weighted by Gasteiger charge is 2.19. The number of para-hydroxylation sites is 1. The molecule has 0 spiro atoms. The van der Waals surface area contributed by atoms with Crippen molar-refractivity contribution in [1.29, 1.82) is 0 Å². The Hall–Kier alpha value is -3.48. The minimum absolute atomic E-state index is 0.253. The normalized spacial score (nSPS) is 10.9.